The predicted octanol–water partition coefficient (Wildman–Crippen LogP) is 9.21. The van der Waals surface area contributed by atoms with E-state index in [0.29, 0.717) is 0 Å². The lowest BCUT2D eigenvalue weighted by Crippen LogP contribution is -1.98. The highest BCUT2D eigenvalue weighted by Crippen LogP contribution is 2.30. The summed E-state index contributed by atoms with van der Waals surface area (Å²) in [4.78, 5) is 10.0. The van der Waals surface area contributed by atoms with E-state index in [9.17, 15) is 0 Å². The SMILES string of the molecule is Cc1ccc(-c2nc(C3=CCC=C(c4ccccc4)C=C3)cc(-c3ccc(-c4ccccc4)cc3)n2)cc1. The van der Waals surface area contributed by atoms with Crippen molar-refractivity contribution in [3.05, 3.63) is 156 Å². The summed E-state index contributed by atoms with van der Waals surface area (Å²) in [6.45, 7) is 2.10. The number of rotatable bonds is 5. The maximum Gasteiger partial charge on any atom is 0.160 e. The van der Waals surface area contributed by atoms with Gasteiger partial charge in [-0.2, -0.15) is 0 Å². The molecule has 0 radical (unpaired) electrons. The van der Waals surface area contributed by atoms with E-state index < -0.39 is 0 Å². The maximum absolute atomic E-state index is 5.03. The number of nitrogens with zero attached hydrogens (tertiary/aromatic N) is 2. The predicted molar refractivity (Wildman–Crippen MR) is 159 cm³/mol. The van der Waals surface area contributed by atoms with Crippen LogP contribution in [0.3, 0.4) is 0 Å². The molecule has 6 rings (SSSR count). The fourth-order valence-electron chi connectivity index (χ4n) is 4.70. The third-order valence-corrected chi connectivity index (χ3v) is 6.84. The van der Waals surface area contributed by atoms with Gasteiger partial charge in [0.25, 0.3) is 0 Å². The molecule has 1 aliphatic carbocycles. The smallest absolute Gasteiger partial charge is 0.160 e. The lowest BCUT2D eigenvalue weighted by atomic mass is 10.0. The van der Waals surface area contributed by atoms with Gasteiger partial charge in [0, 0.05) is 11.1 Å². The normalized spacial score (nSPS) is 13.0. The molecular weight excluding hydrogens is 460 g/mol. The van der Waals surface area contributed by atoms with Crippen LogP contribution in [-0.2, 0) is 0 Å². The second-order valence-electron chi connectivity index (χ2n) is 9.53. The quantitative estimate of drug-likeness (QED) is 0.246. The second kappa shape index (κ2) is 10.7. The van der Waals surface area contributed by atoms with Crippen LogP contribution in [-0.4, -0.2) is 9.97 Å². The molecule has 2 heteroatoms. The second-order valence-corrected chi connectivity index (χ2v) is 9.53. The molecule has 0 atom stereocenters. The van der Waals surface area contributed by atoms with Crippen molar-refractivity contribution in [3.63, 3.8) is 0 Å². The summed E-state index contributed by atoms with van der Waals surface area (Å²) >= 11 is 0. The van der Waals surface area contributed by atoms with Crippen LogP contribution in [0.5, 0.6) is 0 Å². The van der Waals surface area contributed by atoms with Gasteiger partial charge in [-0.25, -0.2) is 9.97 Å². The molecule has 2 nitrogen and oxygen atoms in total. The van der Waals surface area contributed by atoms with Crippen LogP contribution in [0.1, 0.15) is 23.2 Å². The van der Waals surface area contributed by atoms with Crippen LogP contribution >= 0.6 is 0 Å². The summed E-state index contributed by atoms with van der Waals surface area (Å²) in [7, 11) is 0. The Balaban J connectivity index is 1.39. The van der Waals surface area contributed by atoms with E-state index in [1.165, 1.54) is 27.8 Å². The van der Waals surface area contributed by atoms with Crippen molar-refractivity contribution >= 4 is 11.1 Å². The molecule has 0 amide bonds. The van der Waals surface area contributed by atoms with Crippen molar-refractivity contribution in [2.24, 2.45) is 0 Å². The molecular formula is C36H28N2. The van der Waals surface area contributed by atoms with Gasteiger partial charge in [-0.3, -0.25) is 0 Å². The van der Waals surface area contributed by atoms with E-state index in [0.717, 1.165) is 40.3 Å². The van der Waals surface area contributed by atoms with Crippen LogP contribution in [0.15, 0.2) is 140 Å². The monoisotopic (exact) mass is 488 g/mol. The van der Waals surface area contributed by atoms with Crippen LogP contribution in [0.4, 0.5) is 0 Å². The Morgan fingerprint density at radius 3 is 1.71 bits per heavy atom. The lowest BCUT2D eigenvalue weighted by molar-refractivity contribution is 1.15. The first kappa shape index (κ1) is 23.6. The number of hydrogen-bond donors (Lipinski definition) is 0. The van der Waals surface area contributed by atoms with Gasteiger partial charge in [0.15, 0.2) is 5.82 Å². The Morgan fingerprint density at radius 2 is 1.00 bits per heavy atom. The molecule has 0 saturated carbocycles. The molecule has 1 heterocycles. The molecule has 182 valence electrons. The van der Waals surface area contributed by atoms with Gasteiger partial charge in [0.05, 0.1) is 11.4 Å². The summed E-state index contributed by atoms with van der Waals surface area (Å²) in [5.41, 5.74) is 11.1. The van der Waals surface area contributed by atoms with Gasteiger partial charge in [-0.05, 0) is 47.2 Å². The average molecular weight is 489 g/mol. The molecule has 5 aromatic rings. The van der Waals surface area contributed by atoms with Crippen molar-refractivity contribution in [2.75, 3.05) is 0 Å². The Bertz CT molecular complexity index is 1640. The van der Waals surface area contributed by atoms with Gasteiger partial charge >= 0.3 is 0 Å². The molecule has 0 saturated heterocycles. The molecule has 0 aliphatic heterocycles. The summed E-state index contributed by atoms with van der Waals surface area (Å²) < 4.78 is 0. The minimum absolute atomic E-state index is 0.736. The fraction of sp³-hybridized carbons (Fsp3) is 0.0556. The van der Waals surface area contributed by atoms with Gasteiger partial charge in [0.1, 0.15) is 0 Å². The van der Waals surface area contributed by atoms with Gasteiger partial charge in [0.2, 0.25) is 0 Å². The fourth-order valence-corrected chi connectivity index (χ4v) is 4.70. The Kier molecular flexibility index (Phi) is 6.61. The van der Waals surface area contributed by atoms with Gasteiger partial charge < -0.3 is 0 Å². The zero-order valence-corrected chi connectivity index (χ0v) is 21.4. The van der Waals surface area contributed by atoms with Crippen molar-refractivity contribution in [2.45, 2.75) is 13.3 Å². The first-order chi connectivity index (χ1) is 18.7. The molecule has 4 aromatic carbocycles. The first-order valence-electron chi connectivity index (χ1n) is 13.0. The molecule has 1 aromatic heterocycles. The Hall–Kier alpha value is -4.82. The zero-order valence-electron chi connectivity index (χ0n) is 21.4. The molecule has 38 heavy (non-hydrogen) atoms. The van der Waals surface area contributed by atoms with Gasteiger partial charge in [-0.15, -0.1) is 0 Å². The molecule has 0 unspecified atom stereocenters. The van der Waals surface area contributed by atoms with E-state index in [1.54, 1.807) is 0 Å². The highest BCUT2D eigenvalue weighted by molar-refractivity contribution is 5.84. The number of hydrogen-bond acceptors (Lipinski definition) is 2. The molecule has 0 N–H and O–H groups in total. The van der Waals surface area contributed by atoms with E-state index in [4.69, 9.17) is 9.97 Å². The highest BCUT2D eigenvalue weighted by Gasteiger charge is 2.12. The van der Waals surface area contributed by atoms with Crippen LogP contribution in [0.2, 0.25) is 0 Å². The molecule has 0 bridgehead atoms. The maximum atomic E-state index is 5.03. The third kappa shape index (κ3) is 5.16. The van der Waals surface area contributed by atoms with Gasteiger partial charge in [-0.1, -0.05) is 139 Å². The van der Waals surface area contributed by atoms with E-state index in [2.05, 4.69) is 140 Å². The number of aromatic nitrogens is 2. The van der Waals surface area contributed by atoms with E-state index in [1.807, 2.05) is 6.07 Å². The molecule has 1 aliphatic rings. The topological polar surface area (TPSA) is 25.8 Å². The van der Waals surface area contributed by atoms with Crippen LogP contribution in [0.25, 0.3) is 44.9 Å². The van der Waals surface area contributed by atoms with Crippen molar-refractivity contribution < 1.29 is 0 Å². The summed E-state index contributed by atoms with van der Waals surface area (Å²) in [5.74, 6) is 0.736. The third-order valence-electron chi connectivity index (χ3n) is 6.84. The molecule has 0 spiro atoms. The largest absolute Gasteiger partial charge is 0.228 e. The van der Waals surface area contributed by atoms with E-state index in [-0.39, 0.29) is 0 Å². The number of benzene rings is 4. The minimum Gasteiger partial charge on any atom is -0.228 e. The van der Waals surface area contributed by atoms with E-state index >= 15 is 0 Å². The highest BCUT2D eigenvalue weighted by atomic mass is 14.9. The van der Waals surface area contributed by atoms with Crippen molar-refractivity contribution in [1.82, 2.24) is 9.97 Å². The summed E-state index contributed by atoms with van der Waals surface area (Å²) in [5, 5.41) is 0. The summed E-state index contributed by atoms with van der Waals surface area (Å²) in [6.07, 6.45) is 9.73. The first-order valence-corrected chi connectivity index (χ1v) is 13.0. The Morgan fingerprint density at radius 1 is 0.474 bits per heavy atom. The van der Waals surface area contributed by atoms with Crippen molar-refractivity contribution in [1.29, 1.82) is 0 Å². The average Bonchev–Trinajstić information content (AvgIpc) is 3.25. The minimum atomic E-state index is 0.736. The summed E-state index contributed by atoms with van der Waals surface area (Å²) in [6, 6.07) is 40.1. The standard InChI is InChI=1S/C36H28N2/c1-26-15-17-33(18-16-26)36-37-34(31-14-8-13-29(19-22-31)27-9-4-2-5-10-27)25-35(38-36)32-23-20-30(21-24-32)28-11-6-3-7-12-28/h2-7,9-25H,8H2,1H3. The lowest BCUT2D eigenvalue weighted by Gasteiger charge is -2.11. The Labute approximate surface area is 224 Å². The number of aryl methyl sites for hydroxylation is 1. The number of allylic oxidation sites excluding steroid dienone is 6. The van der Waals surface area contributed by atoms with Crippen molar-refractivity contribution in [3.8, 4) is 33.8 Å². The van der Waals surface area contributed by atoms with Crippen LogP contribution < -0.4 is 0 Å². The zero-order chi connectivity index (χ0) is 25.7. The van der Waals surface area contributed by atoms with Crippen LogP contribution in [0, 0.1) is 6.92 Å². The molecule has 0 fully saturated rings.